The van der Waals surface area contributed by atoms with Crippen LogP contribution in [0.4, 0.5) is 5.69 Å². The van der Waals surface area contributed by atoms with E-state index in [1.807, 2.05) is 30.0 Å². The van der Waals surface area contributed by atoms with Crippen molar-refractivity contribution in [3.8, 4) is 0 Å². The molecule has 0 spiro atoms. The second kappa shape index (κ2) is 6.23. The van der Waals surface area contributed by atoms with E-state index in [2.05, 4.69) is 33.4 Å². The van der Waals surface area contributed by atoms with Gasteiger partial charge in [-0.1, -0.05) is 34.1 Å². The molecule has 98 valence electrons. The van der Waals surface area contributed by atoms with Crippen molar-refractivity contribution in [1.29, 1.82) is 0 Å². The second-order valence-electron chi connectivity index (χ2n) is 4.73. The fourth-order valence-corrected chi connectivity index (χ4v) is 2.56. The standard InChI is InChI=1S/C14H19BrN2O/c1-11(15)14(18)17-9-7-13(8-10-17)16-12-5-3-2-4-6-12/h2-6,11,13,16H,7-10H2,1H3. The van der Waals surface area contributed by atoms with Gasteiger partial charge in [0.25, 0.3) is 0 Å². The number of nitrogens with one attached hydrogen (secondary N) is 1. The van der Waals surface area contributed by atoms with E-state index in [9.17, 15) is 4.79 Å². The Morgan fingerprint density at radius 1 is 1.33 bits per heavy atom. The summed E-state index contributed by atoms with van der Waals surface area (Å²) in [6, 6.07) is 10.7. The van der Waals surface area contributed by atoms with Gasteiger partial charge < -0.3 is 10.2 Å². The Labute approximate surface area is 117 Å². The second-order valence-corrected chi connectivity index (χ2v) is 6.10. The molecule has 1 amide bonds. The minimum absolute atomic E-state index is 0.0730. The number of rotatable bonds is 3. The first-order chi connectivity index (χ1) is 8.66. The Kier molecular flexibility index (Phi) is 4.64. The molecule has 0 saturated carbocycles. The van der Waals surface area contributed by atoms with Gasteiger partial charge in [-0.25, -0.2) is 0 Å². The summed E-state index contributed by atoms with van der Waals surface area (Å²) in [5.74, 6) is 0.202. The first kappa shape index (κ1) is 13.4. The highest BCUT2D eigenvalue weighted by Crippen LogP contribution is 2.17. The third kappa shape index (κ3) is 3.48. The summed E-state index contributed by atoms with van der Waals surface area (Å²) >= 11 is 3.34. The Hall–Kier alpha value is -1.03. The number of nitrogens with zero attached hydrogens (tertiary/aromatic N) is 1. The first-order valence-corrected chi connectivity index (χ1v) is 7.33. The first-order valence-electron chi connectivity index (χ1n) is 6.41. The Balaban J connectivity index is 1.82. The van der Waals surface area contributed by atoms with Crippen LogP contribution in [0.1, 0.15) is 19.8 Å². The number of carbonyl (C=O) groups is 1. The normalized spacial score (nSPS) is 18.4. The van der Waals surface area contributed by atoms with Crippen LogP contribution in [0.25, 0.3) is 0 Å². The summed E-state index contributed by atoms with van der Waals surface area (Å²) < 4.78 is 0. The van der Waals surface area contributed by atoms with Crippen LogP contribution < -0.4 is 5.32 Å². The van der Waals surface area contributed by atoms with Gasteiger partial charge in [0.15, 0.2) is 0 Å². The average molecular weight is 311 g/mol. The summed E-state index contributed by atoms with van der Waals surface area (Å²) in [5.41, 5.74) is 1.16. The molecule has 1 fully saturated rings. The summed E-state index contributed by atoms with van der Waals surface area (Å²) in [5, 5.41) is 3.52. The van der Waals surface area contributed by atoms with E-state index in [0.29, 0.717) is 6.04 Å². The minimum atomic E-state index is -0.0730. The number of piperidine rings is 1. The molecule has 2 rings (SSSR count). The number of halogens is 1. The van der Waals surface area contributed by atoms with Crippen LogP contribution in [0, 0.1) is 0 Å². The van der Waals surface area contributed by atoms with Gasteiger partial charge in [-0.15, -0.1) is 0 Å². The highest BCUT2D eigenvalue weighted by atomic mass is 79.9. The summed E-state index contributed by atoms with van der Waals surface area (Å²) in [7, 11) is 0. The summed E-state index contributed by atoms with van der Waals surface area (Å²) in [4.78, 5) is 13.7. The lowest BCUT2D eigenvalue weighted by atomic mass is 10.0. The highest BCUT2D eigenvalue weighted by molar-refractivity contribution is 9.10. The SMILES string of the molecule is CC(Br)C(=O)N1CCC(Nc2ccccc2)CC1. The van der Waals surface area contributed by atoms with Crippen LogP contribution in [0.3, 0.4) is 0 Å². The van der Waals surface area contributed by atoms with Crippen molar-refractivity contribution in [1.82, 2.24) is 4.90 Å². The molecule has 1 aromatic carbocycles. The number of hydrogen-bond acceptors (Lipinski definition) is 2. The third-order valence-electron chi connectivity index (χ3n) is 3.29. The van der Waals surface area contributed by atoms with E-state index in [0.717, 1.165) is 31.6 Å². The van der Waals surface area contributed by atoms with E-state index >= 15 is 0 Å². The van der Waals surface area contributed by atoms with E-state index in [-0.39, 0.29) is 10.7 Å². The number of carbonyl (C=O) groups excluding carboxylic acids is 1. The van der Waals surface area contributed by atoms with E-state index in [1.165, 1.54) is 0 Å². The largest absolute Gasteiger partial charge is 0.382 e. The predicted octanol–water partition coefficient (Wildman–Crippen LogP) is 2.87. The van der Waals surface area contributed by atoms with Crippen LogP contribution in [0.15, 0.2) is 30.3 Å². The zero-order valence-corrected chi connectivity index (χ0v) is 12.2. The molecular formula is C14H19BrN2O. The van der Waals surface area contributed by atoms with E-state index < -0.39 is 0 Å². The summed E-state index contributed by atoms with van der Waals surface area (Å²) in [6.45, 7) is 3.58. The number of alkyl halides is 1. The number of anilines is 1. The lowest BCUT2D eigenvalue weighted by Crippen LogP contribution is -2.44. The lowest BCUT2D eigenvalue weighted by molar-refractivity contribution is -0.131. The van der Waals surface area contributed by atoms with Crippen molar-refractivity contribution in [3.05, 3.63) is 30.3 Å². The molecule has 0 aliphatic carbocycles. The molecule has 0 aromatic heterocycles. The van der Waals surface area contributed by atoms with Crippen molar-refractivity contribution in [2.75, 3.05) is 18.4 Å². The Morgan fingerprint density at radius 3 is 2.50 bits per heavy atom. The average Bonchev–Trinajstić information content (AvgIpc) is 2.40. The maximum atomic E-state index is 11.8. The maximum absolute atomic E-state index is 11.8. The van der Waals surface area contributed by atoms with Gasteiger partial charge in [0.1, 0.15) is 0 Å². The smallest absolute Gasteiger partial charge is 0.236 e. The van der Waals surface area contributed by atoms with Gasteiger partial charge in [0.2, 0.25) is 5.91 Å². The molecule has 1 atom stereocenters. The Morgan fingerprint density at radius 2 is 1.94 bits per heavy atom. The number of hydrogen-bond donors (Lipinski definition) is 1. The quantitative estimate of drug-likeness (QED) is 0.871. The van der Waals surface area contributed by atoms with E-state index in [4.69, 9.17) is 0 Å². The molecule has 1 saturated heterocycles. The van der Waals surface area contributed by atoms with Gasteiger partial charge in [-0.3, -0.25) is 4.79 Å². The number of para-hydroxylation sites is 1. The van der Waals surface area contributed by atoms with Crippen molar-refractivity contribution >= 4 is 27.5 Å². The highest BCUT2D eigenvalue weighted by Gasteiger charge is 2.24. The van der Waals surface area contributed by atoms with Crippen molar-refractivity contribution < 1.29 is 4.79 Å². The molecule has 1 N–H and O–H groups in total. The number of likely N-dealkylation sites (tertiary alicyclic amines) is 1. The molecule has 1 aromatic rings. The van der Waals surface area contributed by atoms with Crippen molar-refractivity contribution in [3.63, 3.8) is 0 Å². The fraction of sp³-hybridized carbons (Fsp3) is 0.500. The maximum Gasteiger partial charge on any atom is 0.236 e. The van der Waals surface area contributed by atoms with Gasteiger partial charge in [0.05, 0.1) is 4.83 Å². The molecule has 18 heavy (non-hydrogen) atoms. The predicted molar refractivity (Wildman–Crippen MR) is 78.1 cm³/mol. The molecule has 0 bridgehead atoms. The van der Waals surface area contributed by atoms with Gasteiger partial charge in [-0.2, -0.15) is 0 Å². The van der Waals surface area contributed by atoms with Crippen LogP contribution in [0.5, 0.6) is 0 Å². The number of benzene rings is 1. The van der Waals surface area contributed by atoms with Gasteiger partial charge in [0, 0.05) is 24.8 Å². The lowest BCUT2D eigenvalue weighted by Gasteiger charge is -2.33. The topological polar surface area (TPSA) is 32.3 Å². The molecule has 0 radical (unpaired) electrons. The van der Waals surface area contributed by atoms with Crippen LogP contribution in [-0.4, -0.2) is 34.8 Å². The number of amides is 1. The van der Waals surface area contributed by atoms with Gasteiger partial charge >= 0.3 is 0 Å². The van der Waals surface area contributed by atoms with E-state index in [1.54, 1.807) is 0 Å². The molecule has 1 heterocycles. The van der Waals surface area contributed by atoms with Crippen molar-refractivity contribution in [2.45, 2.75) is 30.6 Å². The minimum Gasteiger partial charge on any atom is -0.382 e. The molecule has 1 unspecified atom stereocenters. The monoisotopic (exact) mass is 310 g/mol. The molecule has 4 heteroatoms. The van der Waals surface area contributed by atoms with Crippen LogP contribution in [-0.2, 0) is 4.79 Å². The molecule has 3 nitrogen and oxygen atoms in total. The third-order valence-corrected chi connectivity index (χ3v) is 3.68. The Bertz CT molecular complexity index is 386. The van der Waals surface area contributed by atoms with Crippen LogP contribution >= 0.6 is 15.9 Å². The zero-order chi connectivity index (χ0) is 13.0. The fourth-order valence-electron chi connectivity index (χ4n) is 2.27. The zero-order valence-electron chi connectivity index (χ0n) is 10.6. The molecule has 1 aliphatic heterocycles. The summed E-state index contributed by atoms with van der Waals surface area (Å²) in [6.07, 6.45) is 2.03. The van der Waals surface area contributed by atoms with Gasteiger partial charge in [-0.05, 0) is 31.9 Å². The van der Waals surface area contributed by atoms with Crippen LogP contribution in [0.2, 0.25) is 0 Å². The van der Waals surface area contributed by atoms with Crippen molar-refractivity contribution in [2.24, 2.45) is 0 Å². The molecular weight excluding hydrogens is 292 g/mol. The molecule has 1 aliphatic rings.